The molecule has 2 aliphatic rings. The first-order chi connectivity index (χ1) is 11.3. The minimum atomic E-state index is -0.589. The van der Waals surface area contributed by atoms with Gasteiger partial charge in [0.05, 0.1) is 25.8 Å². The molecule has 0 saturated carbocycles. The van der Waals surface area contributed by atoms with Crippen LogP contribution in [0.4, 0.5) is 4.79 Å². The van der Waals surface area contributed by atoms with Gasteiger partial charge in [-0.25, -0.2) is 4.79 Å². The van der Waals surface area contributed by atoms with E-state index in [2.05, 4.69) is 33.0 Å². The summed E-state index contributed by atoms with van der Waals surface area (Å²) in [6.45, 7) is 10.7. The fraction of sp³-hybridized carbons (Fsp3) is 0.722. The van der Waals surface area contributed by atoms with Gasteiger partial charge in [-0.3, -0.25) is 0 Å². The lowest BCUT2D eigenvalue weighted by molar-refractivity contribution is -0.143. The summed E-state index contributed by atoms with van der Waals surface area (Å²) in [4.78, 5) is 14.5. The van der Waals surface area contributed by atoms with Crippen molar-refractivity contribution in [3.05, 3.63) is 23.7 Å². The number of likely N-dealkylation sites (tertiary alicyclic amines) is 1. The summed E-state index contributed by atoms with van der Waals surface area (Å²) >= 11 is 0. The molecule has 0 aromatic carbocycles. The first-order valence-corrected chi connectivity index (χ1v) is 8.75. The van der Waals surface area contributed by atoms with E-state index in [1.165, 1.54) is 0 Å². The van der Waals surface area contributed by atoms with Crippen LogP contribution in [-0.2, 0) is 15.9 Å². The van der Waals surface area contributed by atoms with Gasteiger partial charge in [0.1, 0.15) is 11.5 Å². The zero-order valence-electron chi connectivity index (χ0n) is 15.1. The smallest absolute Gasteiger partial charge is 0.318 e. The van der Waals surface area contributed by atoms with Crippen LogP contribution in [0.15, 0.2) is 16.5 Å². The zero-order chi connectivity index (χ0) is 17.4. The van der Waals surface area contributed by atoms with Gasteiger partial charge in [0.15, 0.2) is 5.79 Å². The largest absolute Gasteiger partial charge is 0.464 e. The van der Waals surface area contributed by atoms with Crippen molar-refractivity contribution in [2.24, 2.45) is 5.41 Å². The molecule has 1 aromatic heterocycles. The molecule has 6 heteroatoms. The number of aryl methyl sites for hydroxylation is 1. The number of urea groups is 1. The Bertz CT molecular complexity index is 584. The Kier molecular flexibility index (Phi) is 4.62. The van der Waals surface area contributed by atoms with Crippen molar-refractivity contribution >= 4 is 6.03 Å². The summed E-state index contributed by atoms with van der Waals surface area (Å²) in [5.74, 6) is 1.14. The maximum Gasteiger partial charge on any atom is 0.318 e. The molecule has 0 radical (unpaired) electrons. The molecule has 2 saturated heterocycles. The summed E-state index contributed by atoms with van der Waals surface area (Å²) in [5.41, 5.74) is -0.156. The van der Waals surface area contributed by atoms with Crippen LogP contribution in [0.25, 0.3) is 0 Å². The van der Waals surface area contributed by atoms with Crippen LogP contribution < -0.4 is 5.32 Å². The molecule has 3 rings (SSSR count). The number of amides is 2. The predicted molar refractivity (Wildman–Crippen MR) is 89.6 cm³/mol. The number of carbonyl (C=O) groups is 1. The molecule has 6 nitrogen and oxygen atoms in total. The second kappa shape index (κ2) is 6.41. The average Bonchev–Trinajstić information content (AvgIpc) is 3.25. The Balaban J connectivity index is 1.70. The van der Waals surface area contributed by atoms with Crippen LogP contribution >= 0.6 is 0 Å². The van der Waals surface area contributed by atoms with E-state index in [1.807, 2.05) is 12.1 Å². The van der Waals surface area contributed by atoms with Gasteiger partial charge in [0.25, 0.3) is 0 Å². The van der Waals surface area contributed by atoms with Gasteiger partial charge in [-0.1, -0.05) is 27.7 Å². The third-order valence-corrected chi connectivity index (χ3v) is 4.74. The topological polar surface area (TPSA) is 63.9 Å². The molecule has 2 aliphatic heterocycles. The van der Waals surface area contributed by atoms with Gasteiger partial charge in [0.2, 0.25) is 0 Å². The van der Waals surface area contributed by atoms with Crippen molar-refractivity contribution in [2.75, 3.05) is 26.3 Å². The third kappa shape index (κ3) is 3.44. The lowest BCUT2D eigenvalue weighted by Gasteiger charge is -2.32. The van der Waals surface area contributed by atoms with E-state index in [9.17, 15) is 4.79 Å². The van der Waals surface area contributed by atoms with E-state index in [4.69, 9.17) is 13.9 Å². The monoisotopic (exact) mass is 336 g/mol. The van der Waals surface area contributed by atoms with Crippen LogP contribution in [0.3, 0.4) is 0 Å². The van der Waals surface area contributed by atoms with Gasteiger partial charge < -0.3 is 24.1 Å². The first-order valence-electron chi connectivity index (χ1n) is 8.75. The average molecular weight is 336 g/mol. The molecule has 24 heavy (non-hydrogen) atoms. The Morgan fingerprint density at radius 3 is 2.62 bits per heavy atom. The minimum absolute atomic E-state index is 0.0969. The standard InChI is InChI=1S/C18H28N2O4/c1-5-13-6-7-14(24-13)15(17(2,3)4)19-16(21)20-9-8-18(12-20)22-10-11-23-18/h6-7,15H,5,8-12H2,1-4H3,(H,19,21). The third-order valence-electron chi connectivity index (χ3n) is 4.74. The van der Waals surface area contributed by atoms with Crippen molar-refractivity contribution in [1.29, 1.82) is 0 Å². The molecule has 2 amide bonds. The van der Waals surface area contributed by atoms with E-state index < -0.39 is 5.79 Å². The van der Waals surface area contributed by atoms with Gasteiger partial charge in [-0.15, -0.1) is 0 Å². The molecule has 1 unspecified atom stereocenters. The van der Waals surface area contributed by atoms with Gasteiger partial charge in [-0.05, 0) is 17.5 Å². The van der Waals surface area contributed by atoms with Crippen molar-refractivity contribution < 1.29 is 18.7 Å². The van der Waals surface area contributed by atoms with Crippen LogP contribution in [-0.4, -0.2) is 43.0 Å². The summed E-state index contributed by atoms with van der Waals surface area (Å²) in [6.07, 6.45) is 1.56. The number of nitrogens with one attached hydrogen (secondary N) is 1. The second-order valence-electron chi connectivity index (χ2n) is 7.69. The SMILES string of the molecule is CCc1ccc(C(NC(=O)N2CCC3(C2)OCCO3)C(C)(C)C)o1. The Morgan fingerprint density at radius 1 is 1.33 bits per heavy atom. The van der Waals surface area contributed by atoms with E-state index in [1.54, 1.807) is 4.90 Å². The maximum atomic E-state index is 12.8. The second-order valence-corrected chi connectivity index (χ2v) is 7.69. The number of carbonyl (C=O) groups excluding carboxylic acids is 1. The van der Waals surface area contributed by atoms with E-state index in [-0.39, 0.29) is 17.5 Å². The predicted octanol–water partition coefficient (Wildman–Crippen LogP) is 3.09. The normalized spacial score (nSPS) is 21.4. The number of hydrogen-bond acceptors (Lipinski definition) is 4. The van der Waals surface area contributed by atoms with Gasteiger partial charge in [-0.2, -0.15) is 0 Å². The van der Waals surface area contributed by atoms with E-state index in [0.29, 0.717) is 26.3 Å². The molecule has 2 fully saturated rings. The number of furan rings is 1. The Labute approximate surface area is 143 Å². The number of hydrogen-bond donors (Lipinski definition) is 1. The van der Waals surface area contributed by atoms with Gasteiger partial charge in [0, 0.05) is 19.4 Å². The summed E-state index contributed by atoms with van der Waals surface area (Å²) < 4.78 is 17.3. The molecule has 1 aromatic rings. The number of rotatable bonds is 3. The van der Waals surface area contributed by atoms with Crippen molar-refractivity contribution in [3.8, 4) is 0 Å². The minimum Gasteiger partial charge on any atom is -0.464 e. The molecule has 0 bridgehead atoms. The van der Waals surface area contributed by atoms with Crippen LogP contribution in [0.2, 0.25) is 0 Å². The maximum absolute atomic E-state index is 12.8. The molecule has 0 aliphatic carbocycles. The molecule has 134 valence electrons. The summed E-state index contributed by atoms with van der Waals surface area (Å²) in [7, 11) is 0. The van der Waals surface area contributed by atoms with Crippen LogP contribution in [0.1, 0.15) is 51.7 Å². The van der Waals surface area contributed by atoms with E-state index in [0.717, 1.165) is 24.4 Å². The molecular weight excluding hydrogens is 308 g/mol. The Morgan fingerprint density at radius 2 is 2.04 bits per heavy atom. The van der Waals surface area contributed by atoms with Gasteiger partial charge >= 0.3 is 6.03 Å². The highest BCUT2D eigenvalue weighted by Crippen LogP contribution is 2.35. The van der Waals surface area contributed by atoms with E-state index >= 15 is 0 Å². The quantitative estimate of drug-likeness (QED) is 0.921. The van der Waals surface area contributed by atoms with Crippen molar-refractivity contribution in [1.82, 2.24) is 10.2 Å². The van der Waals surface area contributed by atoms with Crippen LogP contribution in [0, 0.1) is 5.41 Å². The van der Waals surface area contributed by atoms with Crippen molar-refractivity contribution in [2.45, 2.75) is 52.4 Å². The van der Waals surface area contributed by atoms with Crippen LogP contribution in [0.5, 0.6) is 0 Å². The number of nitrogens with zero attached hydrogens (tertiary/aromatic N) is 1. The molecular formula is C18H28N2O4. The zero-order valence-corrected chi connectivity index (χ0v) is 15.1. The number of ether oxygens (including phenoxy) is 2. The Hall–Kier alpha value is -1.53. The fourth-order valence-corrected chi connectivity index (χ4v) is 3.33. The lowest BCUT2D eigenvalue weighted by atomic mass is 9.85. The molecule has 3 heterocycles. The first kappa shape index (κ1) is 17.3. The summed E-state index contributed by atoms with van der Waals surface area (Å²) in [5, 5.41) is 3.14. The highest BCUT2D eigenvalue weighted by molar-refractivity contribution is 5.75. The molecule has 1 N–H and O–H groups in total. The fourth-order valence-electron chi connectivity index (χ4n) is 3.33. The highest BCUT2D eigenvalue weighted by Gasteiger charge is 2.45. The summed E-state index contributed by atoms with van der Waals surface area (Å²) in [6, 6.07) is 3.65. The molecule has 1 spiro atoms. The highest BCUT2D eigenvalue weighted by atomic mass is 16.7. The molecule has 1 atom stereocenters. The lowest BCUT2D eigenvalue weighted by Crippen LogP contribution is -2.45. The van der Waals surface area contributed by atoms with Crippen molar-refractivity contribution in [3.63, 3.8) is 0 Å².